The summed E-state index contributed by atoms with van der Waals surface area (Å²) in [6, 6.07) is 0.517. The van der Waals surface area contributed by atoms with E-state index in [1.54, 1.807) is 6.92 Å². The highest BCUT2D eigenvalue weighted by Gasteiger charge is 2.38. The zero-order valence-electron chi connectivity index (χ0n) is 11.2. The van der Waals surface area contributed by atoms with Gasteiger partial charge in [-0.05, 0) is 13.3 Å². The predicted molar refractivity (Wildman–Crippen MR) is 68.0 cm³/mol. The van der Waals surface area contributed by atoms with Crippen LogP contribution in [0.25, 0.3) is 0 Å². The van der Waals surface area contributed by atoms with Gasteiger partial charge >= 0.3 is 14.8 Å². The van der Waals surface area contributed by atoms with Crippen LogP contribution < -0.4 is 0 Å². The van der Waals surface area contributed by atoms with Crippen molar-refractivity contribution in [2.24, 2.45) is 0 Å². The molecule has 0 saturated heterocycles. The summed E-state index contributed by atoms with van der Waals surface area (Å²) in [6.07, 6.45) is 0.568. The van der Waals surface area contributed by atoms with Gasteiger partial charge in [0.25, 0.3) is 0 Å². The lowest BCUT2D eigenvalue weighted by atomic mass is 10.4. The van der Waals surface area contributed by atoms with Crippen LogP contribution in [0.1, 0.15) is 13.3 Å². The highest BCUT2D eigenvalue weighted by molar-refractivity contribution is 6.60. The smallest absolute Gasteiger partial charge is 0.462 e. The number of carbonyl (C=O) groups excluding carboxylic acids is 1. The Labute approximate surface area is 109 Å². The summed E-state index contributed by atoms with van der Waals surface area (Å²) in [5.41, 5.74) is 0.369. The lowest BCUT2D eigenvalue weighted by Crippen LogP contribution is -2.44. The first-order valence-corrected chi connectivity index (χ1v) is 7.62. The van der Waals surface area contributed by atoms with Crippen molar-refractivity contribution >= 4 is 14.8 Å². The Morgan fingerprint density at radius 1 is 1.28 bits per heavy atom. The average Bonchev–Trinajstić information content (AvgIpc) is 2.38. The number of aliphatic hydroxyl groups is 1. The number of ether oxygens (including phenoxy) is 1. The maximum atomic E-state index is 11.1. The fourth-order valence-electron chi connectivity index (χ4n) is 1.26. The lowest BCUT2D eigenvalue weighted by molar-refractivity contribution is -0.139. The van der Waals surface area contributed by atoms with Crippen molar-refractivity contribution in [3.8, 4) is 0 Å². The molecule has 18 heavy (non-hydrogen) atoms. The van der Waals surface area contributed by atoms with E-state index in [0.717, 1.165) is 0 Å². The van der Waals surface area contributed by atoms with Gasteiger partial charge in [0.2, 0.25) is 0 Å². The van der Waals surface area contributed by atoms with Crippen LogP contribution >= 0.6 is 0 Å². The molecule has 0 saturated carbocycles. The predicted octanol–water partition coefficient (Wildman–Crippen LogP) is 0.736. The minimum Gasteiger partial charge on any atom is -0.462 e. The fourth-order valence-corrected chi connectivity index (χ4v) is 3.19. The Morgan fingerprint density at radius 3 is 2.33 bits per heavy atom. The van der Waals surface area contributed by atoms with Gasteiger partial charge in [-0.15, -0.1) is 0 Å². The Hall–Kier alpha value is -0.733. The van der Waals surface area contributed by atoms with Gasteiger partial charge in [0, 0.05) is 25.8 Å². The van der Waals surface area contributed by atoms with Gasteiger partial charge < -0.3 is 23.1 Å². The number of rotatable bonds is 10. The van der Waals surface area contributed by atoms with Gasteiger partial charge in [0.1, 0.15) is 0 Å². The molecule has 6 nitrogen and oxygen atoms in total. The minimum atomic E-state index is -2.74. The molecule has 1 N–H and O–H groups in total. The van der Waals surface area contributed by atoms with E-state index in [1.165, 1.54) is 14.2 Å². The second kappa shape index (κ2) is 9.23. The zero-order valence-corrected chi connectivity index (χ0v) is 12.2. The van der Waals surface area contributed by atoms with Gasteiger partial charge in [-0.3, -0.25) is 0 Å². The van der Waals surface area contributed by atoms with Crippen molar-refractivity contribution in [1.29, 1.82) is 0 Å². The molecule has 0 aromatic carbocycles. The van der Waals surface area contributed by atoms with E-state index in [2.05, 4.69) is 6.58 Å². The van der Waals surface area contributed by atoms with Crippen LogP contribution in [0, 0.1) is 0 Å². The zero-order chi connectivity index (χ0) is 14.0. The lowest BCUT2D eigenvalue weighted by Gasteiger charge is -2.25. The van der Waals surface area contributed by atoms with Gasteiger partial charge in [0.15, 0.2) is 0 Å². The number of carbonyl (C=O) groups is 1. The maximum Gasteiger partial charge on any atom is 0.500 e. The van der Waals surface area contributed by atoms with Crippen molar-refractivity contribution in [2.45, 2.75) is 19.4 Å². The number of aliphatic hydroxyl groups excluding tert-OH is 1. The van der Waals surface area contributed by atoms with Crippen LogP contribution in [0.2, 0.25) is 6.04 Å². The van der Waals surface area contributed by atoms with Gasteiger partial charge in [0.05, 0.1) is 19.8 Å². The monoisotopic (exact) mass is 278 g/mol. The van der Waals surface area contributed by atoms with Crippen LogP contribution in [0.3, 0.4) is 0 Å². The van der Waals surface area contributed by atoms with Crippen LogP contribution in [0.4, 0.5) is 0 Å². The first kappa shape index (κ1) is 17.3. The summed E-state index contributed by atoms with van der Waals surface area (Å²) in [7, 11) is 0.277. The van der Waals surface area contributed by atoms with Crippen molar-refractivity contribution in [3.05, 3.63) is 12.2 Å². The Kier molecular flexibility index (Phi) is 8.85. The normalized spacial score (nSPS) is 11.3. The first-order valence-electron chi connectivity index (χ1n) is 5.69. The number of esters is 1. The molecule has 0 radical (unpaired) electrons. The third kappa shape index (κ3) is 6.27. The average molecular weight is 278 g/mol. The third-order valence-corrected chi connectivity index (χ3v) is 5.10. The molecule has 0 unspecified atom stereocenters. The van der Waals surface area contributed by atoms with Crippen LogP contribution in [0.5, 0.6) is 0 Å². The topological polar surface area (TPSA) is 74.2 Å². The van der Waals surface area contributed by atoms with E-state index >= 15 is 0 Å². The number of hydrogen-bond donors (Lipinski definition) is 1. The van der Waals surface area contributed by atoms with Crippen molar-refractivity contribution < 1.29 is 27.9 Å². The fraction of sp³-hybridized carbons (Fsp3) is 0.727. The van der Waals surface area contributed by atoms with Gasteiger partial charge in [-0.2, -0.15) is 0 Å². The van der Waals surface area contributed by atoms with Crippen LogP contribution in [-0.4, -0.2) is 53.9 Å². The molecule has 0 atom stereocenters. The Balaban J connectivity index is 4.04. The SMILES string of the molecule is C=C(C)C(=O)OCCC[Si](OC)(OC)OCCO. The van der Waals surface area contributed by atoms with Crippen molar-refractivity contribution in [2.75, 3.05) is 34.0 Å². The van der Waals surface area contributed by atoms with Gasteiger partial charge in [-0.25, -0.2) is 4.79 Å². The van der Waals surface area contributed by atoms with Crippen LogP contribution in [-0.2, 0) is 22.8 Å². The molecule has 0 aliphatic carbocycles. The highest BCUT2D eigenvalue weighted by atomic mass is 28.4. The molecule has 0 bridgehead atoms. The second-order valence-electron chi connectivity index (χ2n) is 3.68. The second-order valence-corrected chi connectivity index (χ2v) is 6.65. The molecule has 0 amide bonds. The molecular formula is C11H22O6Si. The summed E-state index contributed by atoms with van der Waals surface area (Å²) in [5.74, 6) is -0.409. The van der Waals surface area contributed by atoms with E-state index < -0.39 is 14.8 Å². The molecule has 7 heteroatoms. The molecule has 0 aliphatic rings. The molecule has 0 fully saturated rings. The molecule has 0 aromatic heterocycles. The summed E-state index contributed by atoms with van der Waals surface area (Å²) in [5, 5.41) is 8.73. The summed E-state index contributed by atoms with van der Waals surface area (Å²) < 4.78 is 20.9. The Morgan fingerprint density at radius 2 is 1.89 bits per heavy atom. The summed E-state index contributed by atoms with van der Waals surface area (Å²) >= 11 is 0. The molecular weight excluding hydrogens is 256 g/mol. The van der Waals surface area contributed by atoms with E-state index in [9.17, 15) is 4.79 Å². The van der Waals surface area contributed by atoms with E-state index in [0.29, 0.717) is 18.0 Å². The van der Waals surface area contributed by atoms with E-state index in [4.69, 9.17) is 23.1 Å². The molecule has 0 rings (SSSR count). The molecule has 0 heterocycles. The Bertz CT molecular complexity index is 264. The highest BCUT2D eigenvalue weighted by Crippen LogP contribution is 2.16. The maximum absolute atomic E-state index is 11.1. The quantitative estimate of drug-likeness (QED) is 0.275. The molecule has 0 spiro atoms. The molecule has 0 aliphatic heterocycles. The van der Waals surface area contributed by atoms with Crippen LogP contribution in [0.15, 0.2) is 12.2 Å². The summed E-state index contributed by atoms with van der Waals surface area (Å²) in [6.45, 7) is 5.42. The standard InChI is InChI=1S/C11H22O6Si/c1-10(2)11(13)16-7-5-9-18(14-3,15-4)17-8-6-12/h12H,1,5-9H2,2-4H3. The molecule has 0 aromatic rings. The third-order valence-electron chi connectivity index (χ3n) is 2.24. The number of hydrogen-bond acceptors (Lipinski definition) is 6. The first-order chi connectivity index (χ1) is 8.51. The van der Waals surface area contributed by atoms with E-state index in [-0.39, 0.29) is 19.8 Å². The largest absolute Gasteiger partial charge is 0.500 e. The minimum absolute atomic E-state index is 0.0912. The van der Waals surface area contributed by atoms with Crippen molar-refractivity contribution in [1.82, 2.24) is 0 Å². The molecule has 106 valence electrons. The summed E-state index contributed by atoms with van der Waals surface area (Å²) in [4.78, 5) is 11.1. The van der Waals surface area contributed by atoms with E-state index in [1.807, 2.05) is 0 Å². The van der Waals surface area contributed by atoms with Crippen molar-refractivity contribution in [3.63, 3.8) is 0 Å². The van der Waals surface area contributed by atoms with Gasteiger partial charge in [-0.1, -0.05) is 6.58 Å².